The van der Waals surface area contributed by atoms with Crippen LogP contribution in [0.2, 0.25) is 0 Å². The maximum Gasteiger partial charge on any atom is 0.277 e. The van der Waals surface area contributed by atoms with Gasteiger partial charge < -0.3 is 0 Å². The lowest BCUT2D eigenvalue weighted by atomic mass is 10.1. The minimum absolute atomic E-state index is 0.121. The van der Waals surface area contributed by atoms with E-state index in [9.17, 15) is 8.42 Å². The van der Waals surface area contributed by atoms with Gasteiger partial charge in [0, 0.05) is 16.6 Å². The fraction of sp³-hybridized carbons (Fsp3) is 0.455. The lowest BCUT2D eigenvalue weighted by Gasteiger charge is -2.16. The van der Waals surface area contributed by atoms with E-state index in [2.05, 4.69) is 25.4 Å². The third-order valence-electron chi connectivity index (χ3n) is 2.09. The third-order valence-corrected chi connectivity index (χ3v) is 4.07. The second-order valence-electron chi connectivity index (χ2n) is 4.17. The maximum absolute atomic E-state index is 11.7. The van der Waals surface area contributed by atoms with Crippen LogP contribution in [0.3, 0.4) is 0 Å². The molecule has 1 aromatic rings. The quantitative estimate of drug-likeness (QED) is 0.874. The van der Waals surface area contributed by atoms with Gasteiger partial charge in [0.05, 0.1) is 0 Å². The molecule has 1 rings (SSSR count). The van der Waals surface area contributed by atoms with Crippen molar-refractivity contribution in [1.29, 1.82) is 0 Å². The lowest BCUT2D eigenvalue weighted by molar-refractivity contribution is 0.541. The molecule has 0 radical (unpaired) electrons. The monoisotopic (exact) mass is 320 g/mol. The van der Waals surface area contributed by atoms with Crippen molar-refractivity contribution < 1.29 is 8.42 Å². The van der Waals surface area contributed by atoms with Crippen LogP contribution in [-0.2, 0) is 10.2 Å². The second-order valence-corrected chi connectivity index (χ2v) is 6.56. The highest BCUT2D eigenvalue weighted by Crippen LogP contribution is 2.16. The van der Waals surface area contributed by atoms with Crippen molar-refractivity contribution in [3.63, 3.8) is 0 Å². The molecule has 0 aliphatic heterocycles. The highest BCUT2D eigenvalue weighted by atomic mass is 79.9. The molecule has 1 unspecified atom stereocenters. The lowest BCUT2D eigenvalue weighted by Crippen LogP contribution is -2.41. The van der Waals surface area contributed by atoms with Crippen LogP contribution in [0.25, 0.3) is 0 Å². The molecular formula is C11H17BrN2O2S. The average molecular weight is 321 g/mol. The van der Waals surface area contributed by atoms with Crippen LogP contribution in [0.4, 0.5) is 0 Å². The number of halogens is 1. The van der Waals surface area contributed by atoms with Gasteiger partial charge >= 0.3 is 0 Å². The van der Waals surface area contributed by atoms with E-state index in [1.54, 1.807) is 13.8 Å². The Balaban J connectivity index is 2.72. The SMILES string of the molecule is CC(C)NS(=O)(=O)NC(C)c1ccc(Br)cc1. The molecular weight excluding hydrogens is 304 g/mol. The number of nitrogens with one attached hydrogen (secondary N) is 2. The topological polar surface area (TPSA) is 58.2 Å². The van der Waals surface area contributed by atoms with E-state index in [-0.39, 0.29) is 12.1 Å². The molecule has 0 aliphatic carbocycles. The van der Waals surface area contributed by atoms with Crippen LogP contribution in [0.1, 0.15) is 32.4 Å². The molecule has 17 heavy (non-hydrogen) atoms. The van der Waals surface area contributed by atoms with E-state index < -0.39 is 10.2 Å². The zero-order chi connectivity index (χ0) is 13.1. The van der Waals surface area contributed by atoms with Crippen molar-refractivity contribution in [2.45, 2.75) is 32.9 Å². The van der Waals surface area contributed by atoms with E-state index in [4.69, 9.17) is 0 Å². The Bertz CT molecular complexity index is 457. The third kappa shape index (κ3) is 5.16. The molecule has 2 N–H and O–H groups in total. The second kappa shape index (κ2) is 5.95. The minimum atomic E-state index is -3.45. The van der Waals surface area contributed by atoms with Crippen LogP contribution in [0.15, 0.2) is 28.7 Å². The summed E-state index contributed by atoms with van der Waals surface area (Å²) in [5.74, 6) is 0. The van der Waals surface area contributed by atoms with E-state index in [0.29, 0.717) is 0 Å². The molecule has 0 aliphatic rings. The predicted molar refractivity (Wildman–Crippen MR) is 72.9 cm³/mol. The Morgan fingerprint density at radius 1 is 1.06 bits per heavy atom. The number of benzene rings is 1. The molecule has 4 nitrogen and oxygen atoms in total. The normalized spacial score (nSPS) is 13.9. The van der Waals surface area contributed by atoms with Crippen LogP contribution in [-0.4, -0.2) is 14.5 Å². The first-order valence-corrected chi connectivity index (χ1v) is 7.63. The van der Waals surface area contributed by atoms with Crippen molar-refractivity contribution in [1.82, 2.24) is 9.44 Å². The van der Waals surface area contributed by atoms with Gasteiger partial charge in [-0.15, -0.1) is 0 Å². The van der Waals surface area contributed by atoms with Gasteiger partial charge in [0.15, 0.2) is 0 Å². The van der Waals surface area contributed by atoms with Crippen molar-refractivity contribution in [3.05, 3.63) is 34.3 Å². The molecule has 0 bridgehead atoms. The highest BCUT2D eigenvalue weighted by Gasteiger charge is 2.16. The van der Waals surface area contributed by atoms with Crippen LogP contribution < -0.4 is 9.44 Å². The number of hydrogen-bond donors (Lipinski definition) is 2. The zero-order valence-corrected chi connectivity index (χ0v) is 12.5. The smallest absolute Gasteiger partial charge is 0.200 e. The maximum atomic E-state index is 11.7. The first-order valence-electron chi connectivity index (χ1n) is 5.35. The van der Waals surface area contributed by atoms with Crippen molar-refractivity contribution >= 4 is 26.1 Å². The summed E-state index contributed by atoms with van der Waals surface area (Å²) in [6.07, 6.45) is 0. The van der Waals surface area contributed by atoms with Gasteiger partial charge in [0.25, 0.3) is 10.2 Å². The highest BCUT2D eigenvalue weighted by molar-refractivity contribution is 9.10. The van der Waals surface area contributed by atoms with Gasteiger partial charge in [-0.2, -0.15) is 17.9 Å². The predicted octanol–water partition coefficient (Wildman–Crippen LogP) is 2.34. The first-order chi connectivity index (χ1) is 7.80. The van der Waals surface area contributed by atoms with Crippen molar-refractivity contribution in [3.8, 4) is 0 Å². The van der Waals surface area contributed by atoms with Crippen molar-refractivity contribution in [2.75, 3.05) is 0 Å². The molecule has 0 heterocycles. The minimum Gasteiger partial charge on any atom is -0.200 e. The molecule has 0 amide bonds. The molecule has 0 aromatic heterocycles. The Morgan fingerprint density at radius 3 is 2.06 bits per heavy atom. The Labute approximate surface area is 111 Å². The fourth-order valence-electron chi connectivity index (χ4n) is 1.40. The van der Waals surface area contributed by atoms with Crippen LogP contribution in [0.5, 0.6) is 0 Å². The molecule has 6 heteroatoms. The summed E-state index contributed by atoms with van der Waals surface area (Å²) in [6.45, 7) is 5.37. The van der Waals surface area contributed by atoms with Gasteiger partial charge in [-0.3, -0.25) is 0 Å². The summed E-state index contributed by atoms with van der Waals surface area (Å²) in [5, 5.41) is 0. The van der Waals surface area contributed by atoms with Crippen molar-refractivity contribution in [2.24, 2.45) is 0 Å². The Kier molecular flexibility index (Phi) is 5.12. The molecule has 1 atom stereocenters. The summed E-state index contributed by atoms with van der Waals surface area (Å²) in [4.78, 5) is 0. The number of hydrogen-bond acceptors (Lipinski definition) is 2. The van der Waals surface area contributed by atoms with E-state index >= 15 is 0 Å². The molecule has 0 saturated carbocycles. The summed E-state index contributed by atoms with van der Waals surface area (Å²) in [7, 11) is -3.45. The summed E-state index contributed by atoms with van der Waals surface area (Å²) >= 11 is 3.34. The van der Waals surface area contributed by atoms with E-state index in [1.165, 1.54) is 0 Å². The summed E-state index contributed by atoms with van der Waals surface area (Å²) in [5.41, 5.74) is 0.919. The standard InChI is InChI=1S/C11H17BrN2O2S/c1-8(2)13-17(15,16)14-9(3)10-4-6-11(12)7-5-10/h4-9,13-14H,1-3H3. The largest absolute Gasteiger partial charge is 0.277 e. The van der Waals surface area contributed by atoms with Crippen LogP contribution in [0, 0.1) is 0 Å². The fourth-order valence-corrected chi connectivity index (χ4v) is 2.95. The molecule has 96 valence electrons. The first kappa shape index (κ1) is 14.6. The molecule has 0 spiro atoms. The van der Waals surface area contributed by atoms with Gasteiger partial charge in [-0.25, -0.2) is 0 Å². The zero-order valence-electron chi connectivity index (χ0n) is 10.1. The van der Waals surface area contributed by atoms with E-state index in [0.717, 1.165) is 10.0 Å². The summed E-state index contributed by atoms with van der Waals surface area (Å²) in [6, 6.07) is 7.15. The Morgan fingerprint density at radius 2 is 1.59 bits per heavy atom. The van der Waals surface area contributed by atoms with Gasteiger partial charge in [0.1, 0.15) is 0 Å². The van der Waals surface area contributed by atoms with Gasteiger partial charge in [0.2, 0.25) is 0 Å². The molecule has 0 saturated heterocycles. The molecule has 0 fully saturated rings. The summed E-state index contributed by atoms with van der Waals surface area (Å²) < 4.78 is 29.3. The van der Waals surface area contributed by atoms with Crippen LogP contribution >= 0.6 is 15.9 Å². The Hall–Kier alpha value is -0.430. The number of rotatable bonds is 5. The van der Waals surface area contributed by atoms with Gasteiger partial charge in [-0.05, 0) is 38.5 Å². The van der Waals surface area contributed by atoms with E-state index in [1.807, 2.05) is 31.2 Å². The average Bonchev–Trinajstić information content (AvgIpc) is 2.15. The molecule has 1 aromatic carbocycles. The van der Waals surface area contributed by atoms with Gasteiger partial charge in [-0.1, -0.05) is 28.1 Å².